The largest absolute Gasteiger partial charge is 0.354 e. The van der Waals surface area contributed by atoms with E-state index in [2.05, 4.69) is 20.3 Å². The maximum atomic E-state index is 5.87. The first-order valence-electron chi connectivity index (χ1n) is 6.56. The number of fused-ring (bicyclic) bond motifs is 1. The van der Waals surface area contributed by atoms with Crippen LogP contribution in [0.4, 0.5) is 5.95 Å². The molecule has 0 aliphatic heterocycles. The second-order valence-corrected chi connectivity index (χ2v) is 5.76. The fraction of sp³-hybridized carbons (Fsp3) is 0.133. The molecule has 106 valence electrons. The molecule has 1 N–H and O–H groups in total. The van der Waals surface area contributed by atoms with Crippen LogP contribution in [0, 0.1) is 0 Å². The van der Waals surface area contributed by atoms with Gasteiger partial charge < -0.3 is 5.32 Å². The second kappa shape index (κ2) is 6.28. The average Bonchev–Trinajstić information content (AvgIpc) is 2.50. The minimum atomic E-state index is 0.625. The van der Waals surface area contributed by atoms with Gasteiger partial charge in [-0.15, -0.1) is 0 Å². The Labute approximate surface area is 132 Å². The third kappa shape index (κ3) is 3.25. The van der Waals surface area contributed by atoms with Gasteiger partial charge in [0, 0.05) is 18.1 Å². The molecule has 6 heteroatoms. The van der Waals surface area contributed by atoms with Crippen molar-refractivity contribution < 1.29 is 0 Å². The van der Waals surface area contributed by atoms with E-state index in [1.807, 2.05) is 43.3 Å². The molecule has 1 aromatic carbocycles. The van der Waals surface area contributed by atoms with Gasteiger partial charge in [0.05, 0.1) is 10.5 Å². The monoisotopic (exact) mass is 316 g/mol. The van der Waals surface area contributed by atoms with Crippen molar-refractivity contribution in [2.24, 2.45) is 0 Å². The zero-order valence-corrected chi connectivity index (χ0v) is 12.9. The Balaban J connectivity index is 2.04. The van der Waals surface area contributed by atoms with Crippen molar-refractivity contribution in [1.82, 2.24) is 15.0 Å². The van der Waals surface area contributed by atoms with Gasteiger partial charge in [0.1, 0.15) is 10.1 Å². The number of nitrogens with one attached hydrogen (secondary N) is 1. The summed E-state index contributed by atoms with van der Waals surface area (Å²) in [5.41, 5.74) is 0.917. The summed E-state index contributed by atoms with van der Waals surface area (Å²) in [6, 6.07) is 11.7. The fourth-order valence-corrected chi connectivity index (χ4v) is 2.85. The summed E-state index contributed by atoms with van der Waals surface area (Å²) in [6.45, 7) is 2.80. The van der Waals surface area contributed by atoms with Gasteiger partial charge in [-0.1, -0.05) is 29.8 Å². The summed E-state index contributed by atoms with van der Waals surface area (Å²) >= 11 is 7.37. The van der Waals surface area contributed by atoms with Crippen LogP contribution >= 0.6 is 23.4 Å². The van der Waals surface area contributed by atoms with Crippen molar-refractivity contribution >= 4 is 40.2 Å². The first-order chi connectivity index (χ1) is 10.3. The van der Waals surface area contributed by atoms with E-state index >= 15 is 0 Å². The molecule has 0 amide bonds. The van der Waals surface area contributed by atoms with Crippen molar-refractivity contribution in [3.05, 3.63) is 47.6 Å². The van der Waals surface area contributed by atoms with Gasteiger partial charge in [-0.05, 0) is 36.9 Å². The highest BCUT2D eigenvalue weighted by atomic mass is 35.5. The van der Waals surface area contributed by atoms with E-state index in [1.165, 1.54) is 11.8 Å². The standard InChI is InChI=1S/C15H13ClN4S/c1-2-17-15-19-12-6-4-3-5-11(12)14(20-15)21-13-8-7-10(16)9-18-13/h3-9H,2H2,1H3,(H,17,19,20). The number of rotatable bonds is 4. The lowest BCUT2D eigenvalue weighted by atomic mass is 10.2. The third-order valence-corrected chi connectivity index (χ3v) is 3.98. The maximum Gasteiger partial charge on any atom is 0.224 e. The number of halogens is 1. The lowest BCUT2D eigenvalue weighted by molar-refractivity contribution is 1.04. The molecule has 4 nitrogen and oxygen atoms in total. The topological polar surface area (TPSA) is 50.7 Å². The molecule has 2 aromatic heterocycles. The lowest BCUT2D eigenvalue weighted by Gasteiger charge is -2.08. The van der Waals surface area contributed by atoms with Crippen LogP contribution in [0.15, 0.2) is 52.6 Å². The summed E-state index contributed by atoms with van der Waals surface area (Å²) < 4.78 is 0. The molecule has 0 radical (unpaired) electrons. The van der Waals surface area contributed by atoms with Gasteiger partial charge in [0.15, 0.2) is 0 Å². The molecule has 0 fully saturated rings. The Hall–Kier alpha value is -1.85. The minimum absolute atomic E-state index is 0.625. The van der Waals surface area contributed by atoms with Crippen LogP contribution in [0.3, 0.4) is 0 Å². The maximum absolute atomic E-state index is 5.87. The second-order valence-electron chi connectivity index (χ2n) is 4.32. The Morgan fingerprint density at radius 3 is 2.76 bits per heavy atom. The average molecular weight is 317 g/mol. The van der Waals surface area contributed by atoms with Gasteiger partial charge in [-0.2, -0.15) is 0 Å². The van der Waals surface area contributed by atoms with Gasteiger partial charge in [0.25, 0.3) is 0 Å². The van der Waals surface area contributed by atoms with Crippen molar-refractivity contribution in [3.63, 3.8) is 0 Å². The zero-order chi connectivity index (χ0) is 14.7. The van der Waals surface area contributed by atoms with Gasteiger partial charge in [-0.3, -0.25) is 0 Å². The number of para-hydroxylation sites is 1. The summed E-state index contributed by atoms with van der Waals surface area (Å²) in [5.74, 6) is 0.632. The normalized spacial score (nSPS) is 10.8. The van der Waals surface area contributed by atoms with Crippen LogP contribution in [-0.4, -0.2) is 21.5 Å². The Bertz CT molecular complexity index is 761. The van der Waals surface area contributed by atoms with E-state index in [-0.39, 0.29) is 0 Å². The minimum Gasteiger partial charge on any atom is -0.354 e. The first-order valence-corrected chi connectivity index (χ1v) is 7.76. The van der Waals surface area contributed by atoms with Gasteiger partial charge in [-0.25, -0.2) is 15.0 Å². The van der Waals surface area contributed by atoms with Crippen LogP contribution < -0.4 is 5.32 Å². The molecule has 0 saturated heterocycles. The third-order valence-electron chi connectivity index (χ3n) is 2.80. The highest BCUT2D eigenvalue weighted by Gasteiger charge is 2.09. The smallest absolute Gasteiger partial charge is 0.224 e. The van der Waals surface area contributed by atoms with Crippen molar-refractivity contribution in [3.8, 4) is 0 Å². The van der Waals surface area contributed by atoms with Crippen molar-refractivity contribution in [2.45, 2.75) is 17.0 Å². The highest BCUT2D eigenvalue weighted by Crippen LogP contribution is 2.31. The SMILES string of the molecule is CCNc1nc(Sc2ccc(Cl)cn2)c2ccccc2n1. The van der Waals surface area contributed by atoms with E-state index in [0.29, 0.717) is 11.0 Å². The van der Waals surface area contributed by atoms with Crippen molar-refractivity contribution in [2.75, 3.05) is 11.9 Å². The Kier molecular flexibility index (Phi) is 4.22. The molecule has 3 rings (SSSR count). The van der Waals surface area contributed by atoms with Crippen LogP contribution in [0.25, 0.3) is 10.9 Å². The molecule has 0 bridgehead atoms. The summed E-state index contributed by atoms with van der Waals surface area (Å²) in [7, 11) is 0. The van der Waals surface area contributed by atoms with Crippen LogP contribution in [0.5, 0.6) is 0 Å². The number of hydrogen-bond donors (Lipinski definition) is 1. The molecule has 21 heavy (non-hydrogen) atoms. The van der Waals surface area contributed by atoms with E-state index in [4.69, 9.17) is 11.6 Å². The van der Waals surface area contributed by atoms with E-state index in [9.17, 15) is 0 Å². The highest BCUT2D eigenvalue weighted by molar-refractivity contribution is 7.99. The number of pyridine rings is 1. The van der Waals surface area contributed by atoms with Crippen molar-refractivity contribution in [1.29, 1.82) is 0 Å². The summed E-state index contributed by atoms with van der Waals surface area (Å²) in [4.78, 5) is 13.4. The predicted octanol–water partition coefficient (Wildman–Crippen LogP) is 4.26. The predicted molar refractivity (Wildman–Crippen MR) is 87.1 cm³/mol. The molecule has 0 spiro atoms. The number of nitrogens with zero attached hydrogens (tertiary/aromatic N) is 3. The van der Waals surface area contributed by atoms with Crippen LogP contribution in [0.2, 0.25) is 5.02 Å². The first kappa shape index (κ1) is 14.1. The summed E-state index contributed by atoms with van der Waals surface area (Å²) in [5, 5.41) is 6.53. The zero-order valence-electron chi connectivity index (χ0n) is 11.4. The number of aromatic nitrogens is 3. The molecule has 0 aliphatic carbocycles. The molecular formula is C15H13ClN4S. The molecule has 0 aliphatic rings. The van der Waals surface area contributed by atoms with Gasteiger partial charge >= 0.3 is 0 Å². The number of hydrogen-bond acceptors (Lipinski definition) is 5. The van der Waals surface area contributed by atoms with E-state index < -0.39 is 0 Å². The van der Waals surface area contributed by atoms with E-state index in [1.54, 1.807) is 6.20 Å². The molecular weight excluding hydrogens is 304 g/mol. The van der Waals surface area contributed by atoms with E-state index in [0.717, 1.165) is 27.5 Å². The number of benzene rings is 1. The number of anilines is 1. The Morgan fingerprint density at radius 2 is 2.00 bits per heavy atom. The fourth-order valence-electron chi connectivity index (χ4n) is 1.88. The molecule has 0 saturated carbocycles. The lowest BCUT2D eigenvalue weighted by Crippen LogP contribution is -2.03. The molecule has 3 aromatic rings. The Morgan fingerprint density at radius 1 is 1.14 bits per heavy atom. The quantitative estimate of drug-likeness (QED) is 0.729. The van der Waals surface area contributed by atoms with Gasteiger partial charge in [0.2, 0.25) is 5.95 Å². The summed E-state index contributed by atoms with van der Waals surface area (Å²) in [6.07, 6.45) is 1.64. The molecule has 0 unspecified atom stereocenters. The van der Waals surface area contributed by atoms with Crippen LogP contribution in [0.1, 0.15) is 6.92 Å². The van der Waals surface area contributed by atoms with Crippen LogP contribution in [-0.2, 0) is 0 Å². The molecule has 0 atom stereocenters. The molecule has 2 heterocycles.